The molecule has 35 heavy (non-hydrogen) atoms. The molecule has 2 aromatic rings. The highest BCUT2D eigenvalue weighted by molar-refractivity contribution is 6.31. The van der Waals surface area contributed by atoms with Crippen molar-refractivity contribution >= 4 is 35.2 Å². The molecule has 9 nitrogen and oxygen atoms in total. The van der Waals surface area contributed by atoms with Gasteiger partial charge < -0.3 is 26.6 Å². The fraction of sp³-hybridized carbons (Fsp3) is 0.360. The molecule has 2 aromatic carbocycles. The molecule has 0 aromatic heterocycles. The van der Waals surface area contributed by atoms with Gasteiger partial charge in [-0.3, -0.25) is 19.2 Å². The highest BCUT2D eigenvalue weighted by atomic mass is 35.5. The summed E-state index contributed by atoms with van der Waals surface area (Å²) in [4.78, 5) is 48.7. The van der Waals surface area contributed by atoms with Crippen LogP contribution in [0.25, 0.3) is 0 Å². The molecule has 0 saturated carbocycles. The van der Waals surface area contributed by atoms with Crippen LogP contribution in [-0.4, -0.2) is 55.8 Å². The molecule has 0 aliphatic rings. The molecule has 0 aliphatic carbocycles. The van der Waals surface area contributed by atoms with Crippen molar-refractivity contribution < 1.29 is 19.2 Å². The Morgan fingerprint density at radius 2 is 1.51 bits per heavy atom. The van der Waals surface area contributed by atoms with Crippen LogP contribution in [0.2, 0.25) is 5.02 Å². The Balaban J connectivity index is 1.84. The molecule has 0 heterocycles. The first-order valence-electron chi connectivity index (χ1n) is 11.4. The van der Waals surface area contributed by atoms with Crippen LogP contribution < -0.4 is 26.6 Å². The molecule has 0 spiro atoms. The lowest BCUT2D eigenvalue weighted by Gasteiger charge is -2.15. The number of amides is 4. The van der Waals surface area contributed by atoms with E-state index in [1.54, 1.807) is 13.8 Å². The predicted molar refractivity (Wildman–Crippen MR) is 135 cm³/mol. The van der Waals surface area contributed by atoms with E-state index in [1.807, 2.05) is 37.3 Å². The second-order valence-electron chi connectivity index (χ2n) is 7.94. The fourth-order valence-corrected chi connectivity index (χ4v) is 3.43. The normalized spacial score (nSPS) is 12.2. The van der Waals surface area contributed by atoms with Crippen molar-refractivity contribution in [2.45, 2.75) is 32.9 Å². The minimum absolute atomic E-state index is 0.0930. The molecule has 0 saturated heterocycles. The van der Waals surface area contributed by atoms with Crippen molar-refractivity contribution in [3.8, 4) is 0 Å². The van der Waals surface area contributed by atoms with Gasteiger partial charge in [0.05, 0.1) is 18.6 Å². The van der Waals surface area contributed by atoms with Crippen LogP contribution in [0.5, 0.6) is 0 Å². The second-order valence-corrected chi connectivity index (χ2v) is 8.37. The predicted octanol–water partition coefficient (Wildman–Crippen LogP) is 1.79. The monoisotopic (exact) mass is 501 g/mol. The van der Waals surface area contributed by atoms with E-state index in [0.29, 0.717) is 13.1 Å². The van der Waals surface area contributed by atoms with E-state index in [2.05, 4.69) is 26.6 Å². The van der Waals surface area contributed by atoms with Crippen molar-refractivity contribution in [1.82, 2.24) is 26.6 Å². The molecule has 4 amide bonds. The molecule has 2 atom stereocenters. The van der Waals surface area contributed by atoms with E-state index < -0.39 is 11.9 Å². The summed E-state index contributed by atoms with van der Waals surface area (Å²) in [6.07, 6.45) is 0. The van der Waals surface area contributed by atoms with Gasteiger partial charge in [-0.05, 0) is 44.5 Å². The van der Waals surface area contributed by atoms with Crippen LogP contribution in [0.1, 0.15) is 53.1 Å². The third kappa shape index (κ3) is 9.38. The first kappa shape index (κ1) is 27.8. The number of carbonyl (C=O) groups is 4. The molecule has 0 aliphatic heterocycles. The lowest BCUT2D eigenvalue weighted by Crippen LogP contribution is -2.47. The summed E-state index contributed by atoms with van der Waals surface area (Å²) in [7, 11) is 0. The SMILES string of the molecule is CCNC(=O)CNC(=O)C(C)NCCNC(=O)c1cc(Cl)cc(C(=O)N[C@H](C)c2ccccc2)c1. The van der Waals surface area contributed by atoms with Gasteiger partial charge in [0, 0.05) is 35.8 Å². The van der Waals surface area contributed by atoms with Crippen molar-refractivity contribution in [3.63, 3.8) is 0 Å². The number of halogens is 1. The van der Waals surface area contributed by atoms with Crippen LogP contribution in [0.3, 0.4) is 0 Å². The fourth-order valence-electron chi connectivity index (χ4n) is 3.20. The molecule has 2 rings (SSSR count). The van der Waals surface area contributed by atoms with E-state index in [4.69, 9.17) is 11.6 Å². The average molecular weight is 502 g/mol. The first-order chi connectivity index (χ1) is 16.7. The molecule has 188 valence electrons. The first-order valence-corrected chi connectivity index (χ1v) is 11.8. The minimum Gasteiger partial charge on any atom is -0.355 e. The van der Waals surface area contributed by atoms with Gasteiger partial charge in [0.1, 0.15) is 0 Å². The number of carbonyl (C=O) groups excluding carboxylic acids is 4. The Morgan fingerprint density at radius 3 is 2.17 bits per heavy atom. The molecule has 5 N–H and O–H groups in total. The van der Waals surface area contributed by atoms with Gasteiger partial charge in [0.15, 0.2) is 0 Å². The summed E-state index contributed by atoms with van der Waals surface area (Å²) in [6, 6.07) is 13.3. The Bertz CT molecular complexity index is 1030. The van der Waals surface area contributed by atoms with Crippen LogP contribution in [0.4, 0.5) is 0 Å². The third-order valence-electron chi connectivity index (χ3n) is 5.12. The molecule has 1 unspecified atom stereocenters. The Labute approximate surface area is 210 Å². The molecular formula is C25H32ClN5O4. The summed E-state index contributed by atoms with van der Waals surface area (Å²) in [5, 5.41) is 14.0. The number of benzene rings is 2. The van der Waals surface area contributed by atoms with Gasteiger partial charge in [0.2, 0.25) is 11.8 Å². The van der Waals surface area contributed by atoms with Crippen LogP contribution >= 0.6 is 11.6 Å². The standard InChI is InChI=1S/C25H32ClN5O4/c1-4-27-22(32)15-30-23(33)17(3)28-10-11-29-24(34)19-12-20(14-21(26)13-19)25(35)31-16(2)18-8-6-5-7-9-18/h5-9,12-14,16-17,28H,4,10-11,15H2,1-3H3,(H,27,32)(H,29,34)(H,30,33)(H,31,35)/t16-,17?/m1/s1. The Morgan fingerprint density at radius 1 is 0.857 bits per heavy atom. The number of hydrogen-bond acceptors (Lipinski definition) is 5. The highest BCUT2D eigenvalue weighted by Crippen LogP contribution is 2.17. The quantitative estimate of drug-likeness (QED) is 0.283. The second kappa shape index (κ2) is 14.1. The van der Waals surface area contributed by atoms with Crippen molar-refractivity contribution in [1.29, 1.82) is 0 Å². The van der Waals surface area contributed by atoms with Crippen molar-refractivity contribution in [2.75, 3.05) is 26.2 Å². The summed E-state index contributed by atoms with van der Waals surface area (Å²) in [6.45, 7) is 6.30. The van der Waals surface area contributed by atoms with Crippen molar-refractivity contribution in [3.05, 3.63) is 70.2 Å². The van der Waals surface area contributed by atoms with Gasteiger partial charge in [-0.15, -0.1) is 0 Å². The molecule has 0 fully saturated rings. The average Bonchev–Trinajstić information content (AvgIpc) is 2.85. The number of rotatable bonds is 12. The van der Waals surface area contributed by atoms with E-state index in [0.717, 1.165) is 5.56 Å². The van der Waals surface area contributed by atoms with Gasteiger partial charge >= 0.3 is 0 Å². The summed E-state index contributed by atoms with van der Waals surface area (Å²) < 4.78 is 0. The Hall–Kier alpha value is -3.43. The lowest BCUT2D eigenvalue weighted by atomic mass is 10.1. The largest absolute Gasteiger partial charge is 0.355 e. The van der Waals surface area contributed by atoms with Crippen LogP contribution in [0, 0.1) is 0 Å². The van der Waals surface area contributed by atoms with Crippen LogP contribution in [0.15, 0.2) is 48.5 Å². The zero-order valence-electron chi connectivity index (χ0n) is 20.1. The summed E-state index contributed by atoms with van der Waals surface area (Å²) in [5.41, 5.74) is 1.49. The maximum Gasteiger partial charge on any atom is 0.251 e. The zero-order chi connectivity index (χ0) is 25.8. The molecular weight excluding hydrogens is 470 g/mol. The smallest absolute Gasteiger partial charge is 0.251 e. The van der Waals surface area contributed by atoms with Gasteiger partial charge in [-0.2, -0.15) is 0 Å². The number of nitrogens with one attached hydrogen (secondary N) is 5. The molecule has 0 bridgehead atoms. The third-order valence-corrected chi connectivity index (χ3v) is 5.34. The summed E-state index contributed by atoms with van der Waals surface area (Å²) in [5.74, 6) is -1.32. The highest BCUT2D eigenvalue weighted by Gasteiger charge is 2.16. The zero-order valence-corrected chi connectivity index (χ0v) is 20.9. The molecule has 10 heteroatoms. The van der Waals surface area contributed by atoms with E-state index in [-0.39, 0.29) is 53.0 Å². The minimum atomic E-state index is -0.547. The maximum atomic E-state index is 12.7. The van der Waals surface area contributed by atoms with E-state index in [1.165, 1.54) is 18.2 Å². The van der Waals surface area contributed by atoms with E-state index >= 15 is 0 Å². The van der Waals surface area contributed by atoms with E-state index in [9.17, 15) is 19.2 Å². The van der Waals surface area contributed by atoms with Crippen molar-refractivity contribution in [2.24, 2.45) is 0 Å². The van der Waals surface area contributed by atoms with Gasteiger partial charge in [-0.1, -0.05) is 41.9 Å². The van der Waals surface area contributed by atoms with Gasteiger partial charge in [0.25, 0.3) is 11.8 Å². The topological polar surface area (TPSA) is 128 Å². The number of likely N-dealkylation sites (N-methyl/N-ethyl adjacent to an activating group) is 1. The van der Waals surface area contributed by atoms with Gasteiger partial charge in [-0.25, -0.2) is 0 Å². The lowest BCUT2D eigenvalue weighted by molar-refractivity contribution is -0.127. The number of hydrogen-bond donors (Lipinski definition) is 5. The Kier molecular flexibility index (Phi) is 11.2. The maximum absolute atomic E-state index is 12.7. The summed E-state index contributed by atoms with van der Waals surface area (Å²) >= 11 is 6.16. The van der Waals surface area contributed by atoms with Crippen LogP contribution in [-0.2, 0) is 9.59 Å². The molecule has 0 radical (unpaired) electrons.